The third kappa shape index (κ3) is 3.75. The highest BCUT2D eigenvalue weighted by Crippen LogP contribution is 2.33. The lowest BCUT2D eigenvalue weighted by atomic mass is 10.0. The van der Waals surface area contributed by atoms with Gasteiger partial charge in [-0.05, 0) is 45.1 Å². The summed E-state index contributed by atoms with van der Waals surface area (Å²) < 4.78 is 23.5. The molecule has 188 valence electrons. The molecule has 5 heterocycles. The molecule has 2 saturated heterocycles. The molecule has 2 fully saturated rings. The number of para-hydroxylation sites is 1. The second-order valence-corrected chi connectivity index (χ2v) is 10.7. The van der Waals surface area contributed by atoms with Crippen LogP contribution in [0.4, 0.5) is 10.2 Å². The summed E-state index contributed by atoms with van der Waals surface area (Å²) in [7, 11) is 4.09. The number of halogens is 1. The van der Waals surface area contributed by atoms with Crippen molar-refractivity contribution >= 4 is 49.1 Å². The zero-order valence-electron chi connectivity index (χ0n) is 20.4. The first-order valence-electron chi connectivity index (χ1n) is 12.3. The molecule has 2 aliphatic heterocycles. The van der Waals surface area contributed by atoms with Gasteiger partial charge in [0.25, 0.3) is 5.91 Å². The molecule has 0 aliphatic carbocycles. The summed E-state index contributed by atoms with van der Waals surface area (Å²) in [5, 5.41) is 0.122. The van der Waals surface area contributed by atoms with Gasteiger partial charge in [0.2, 0.25) is 5.43 Å². The summed E-state index contributed by atoms with van der Waals surface area (Å²) in [5.41, 5.74) is 0.858. The van der Waals surface area contributed by atoms with Crippen LogP contribution in [0.5, 0.6) is 0 Å². The number of piperidine rings is 1. The first-order chi connectivity index (χ1) is 17.4. The van der Waals surface area contributed by atoms with Crippen molar-refractivity contribution in [2.75, 3.05) is 58.4 Å². The average Bonchev–Trinajstić information content (AvgIpc) is 3.28. The summed E-state index contributed by atoms with van der Waals surface area (Å²) >= 11 is 1.40. The molecule has 0 unspecified atom stereocenters. The molecule has 1 aromatic carbocycles. The Morgan fingerprint density at radius 1 is 1.14 bits per heavy atom. The van der Waals surface area contributed by atoms with Crippen LogP contribution >= 0.6 is 11.3 Å². The fourth-order valence-corrected chi connectivity index (χ4v) is 6.51. The molecule has 8 nitrogen and oxygen atoms in total. The van der Waals surface area contributed by atoms with Crippen molar-refractivity contribution in [3.63, 3.8) is 0 Å². The number of hydrogen-bond donors (Lipinski definition) is 0. The Kier molecular flexibility index (Phi) is 5.89. The molecule has 1 amide bonds. The van der Waals surface area contributed by atoms with Crippen LogP contribution in [0.25, 0.3) is 26.1 Å². The van der Waals surface area contributed by atoms with Crippen molar-refractivity contribution in [3.05, 3.63) is 51.9 Å². The topological polar surface area (TPSA) is 70.4 Å². The monoisotopic (exact) mass is 509 g/mol. The number of amides is 1. The van der Waals surface area contributed by atoms with Crippen LogP contribution in [0.15, 0.2) is 35.1 Å². The van der Waals surface area contributed by atoms with Crippen LogP contribution in [0.1, 0.15) is 23.2 Å². The summed E-state index contributed by atoms with van der Waals surface area (Å²) in [6.07, 6.45) is 1.70. The maximum absolute atomic E-state index is 15.3. The largest absolute Gasteiger partial charge is 0.378 e. The van der Waals surface area contributed by atoms with E-state index in [-0.39, 0.29) is 22.7 Å². The zero-order valence-corrected chi connectivity index (χ0v) is 21.2. The lowest BCUT2D eigenvalue weighted by molar-refractivity contribution is 0.0664. The van der Waals surface area contributed by atoms with E-state index < -0.39 is 11.2 Å². The smallest absolute Gasteiger partial charge is 0.260 e. The highest BCUT2D eigenvalue weighted by atomic mass is 32.1. The van der Waals surface area contributed by atoms with E-state index in [9.17, 15) is 9.59 Å². The minimum Gasteiger partial charge on any atom is -0.378 e. The molecule has 10 heteroatoms. The molecule has 0 atom stereocenters. The van der Waals surface area contributed by atoms with E-state index >= 15 is 4.39 Å². The minimum absolute atomic E-state index is 0.104. The predicted molar refractivity (Wildman–Crippen MR) is 140 cm³/mol. The van der Waals surface area contributed by atoms with E-state index in [1.807, 2.05) is 47.7 Å². The van der Waals surface area contributed by atoms with Crippen molar-refractivity contribution in [1.82, 2.24) is 19.2 Å². The zero-order chi connectivity index (χ0) is 25.0. The van der Waals surface area contributed by atoms with Gasteiger partial charge < -0.3 is 19.4 Å². The Morgan fingerprint density at radius 2 is 1.86 bits per heavy atom. The number of carbonyl (C=O) groups is 1. The highest BCUT2D eigenvalue weighted by molar-refractivity contribution is 7.24. The van der Waals surface area contributed by atoms with Crippen LogP contribution in [-0.2, 0) is 4.74 Å². The molecule has 4 aromatic rings. The van der Waals surface area contributed by atoms with Crippen LogP contribution in [-0.4, -0.2) is 84.6 Å². The quantitative estimate of drug-likeness (QED) is 0.423. The van der Waals surface area contributed by atoms with Crippen molar-refractivity contribution in [2.24, 2.45) is 0 Å². The Bertz CT molecular complexity index is 1530. The fourth-order valence-electron chi connectivity index (χ4n) is 5.33. The van der Waals surface area contributed by atoms with E-state index in [4.69, 9.17) is 4.74 Å². The van der Waals surface area contributed by atoms with E-state index in [2.05, 4.69) is 9.88 Å². The molecule has 0 radical (unpaired) electrons. The number of morpholine rings is 1. The van der Waals surface area contributed by atoms with Gasteiger partial charge in [-0.2, -0.15) is 0 Å². The summed E-state index contributed by atoms with van der Waals surface area (Å²) in [5.74, 6) is -0.647. The number of carbonyl (C=O) groups excluding carboxylic acids is 1. The fraction of sp³-hybridized carbons (Fsp3) is 0.423. The molecule has 2 aliphatic rings. The Morgan fingerprint density at radius 3 is 2.58 bits per heavy atom. The summed E-state index contributed by atoms with van der Waals surface area (Å²) in [6.45, 7) is 3.20. The molecule has 0 bridgehead atoms. The minimum atomic E-state index is -0.564. The second kappa shape index (κ2) is 9.10. The van der Waals surface area contributed by atoms with Crippen molar-refractivity contribution in [1.29, 1.82) is 0 Å². The van der Waals surface area contributed by atoms with E-state index in [0.717, 1.165) is 23.1 Å². The number of anilines is 1. The number of ether oxygens (including phenoxy) is 1. The van der Waals surface area contributed by atoms with Gasteiger partial charge in [0, 0.05) is 32.2 Å². The molecular formula is C26H28FN5O3S. The predicted octanol–water partition coefficient (Wildman–Crippen LogP) is 3.20. The number of nitrogens with zero attached hydrogens (tertiary/aromatic N) is 5. The molecule has 36 heavy (non-hydrogen) atoms. The van der Waals surface area contributed by atoms with E-state index in [0.29, 0.717) is 55.9 Å². The highest BCUT2D eigenvalue weighted by Gasteiger charge is 2.30. The van der Waals surface area contributed by atoms with Gasteiger partial charge >= 0.3 is 0 Å². The number of pyridine rings is 2. The molecule has 6 rings (SSSR count). The Hall–Kier alpha value is -3.08. The van der Waals surface area contributed by atoms with Crippen LogP contribution in [0, 0.1) is 5.82 Å². The van der Waals surface area contributed by atoms with Crippen molar-refractivity contribution < 1.29 is 13.9 Å². The molecular weight excluding hydrogens is 481 g/mol. The number of benzene rings is 1. The third-order valence-corrected chi connectivity index (χ3v) is 8.50. The third-order valence-electron chi connectivity index (χ3n) is 7.36. The maximum atomic E-state index is 15.3. The molecule has 3 aromatic heterocycles. The van der Waals surface area contributed by atoms with Gasteiger partial charge in [-0.15, -0.1) is 11.3 Å². The number of likely N-dealkylation sites (tertiary alicyclic amines) is 1. The molecule has 0 saturated carbocycles. The van der Waals surface area contributed by atoms with Gasteiger partial charge in [-0.25, -0.2) is 9.37 Å². The average molecular weight is 510 g/mol. The number of thiazole rings is 1. The van der Waals surface area contributed by atoms with Gasteiger partial charge in [-0.1, -0.05) is 12.1 Å². The van der Waals surface area contributed by atoms with Gasteiger partial charge in [-0.3, -0.25) is 14.0 Å². The van der Waals surface area contributed by atoms with Crippen LogP contribution in [0.2, 0.25) is 0 Å². The number of aromatic nitrogens is 2. The maximum Gasteiger partial charge on any atom is 0.260 e. The standard InChI is InChI=1S/C26H28FN5O3S/c1-29(2)16-7-9-31(10-8-16)25(34)21-22(33)17-15-18(27)24(30-11-13-35-14-12-30)28-23(17)32-19-5-3-4-6-20(19)36-26(21)32/h3-6,15-16H,7-14H2,1-2H3. The summed E-state index contributed by atoms with van der Waals surface area (Å²) in [6, 6.07) is 9.42. The second-order valence-electron chi connectivity index (χ2n) is 9.67. The van der Waals surface area contributed by atoms with Gasteiger partial charge in [0.1, 0.15) is 10.4 Å². The Balaban J connectivity index is 1.56. The number of hydrogen-bond acceptors (Lipinski definition) is 7. The first-order valence-corrected chi connectivity index (χ1v) is 13.1. The lowest BCUT2D eigenvalue weighted by Crippen LogP contribution is -2.45. The van der Waals surface area contributed by atoms with Gasteiger partial charge in [0.15, 0.2) is 17.3 Å². The van der Waals surface area contributed by atoms with Crippen LogP contribution in [0.3, 0.4) is 0 Å². The van der Waals surface area contributed by atoms with Crippen LogP contribution < -0.4 is 10.3 Å². The molecule has 0 N–H and O–H groups in total. The summed E-state index contributed by atoms with van der Waals surface area (Å²) in [4.78, 5) is 38.6. The van der Waals surface area contributed by atoms with Crippen molar-refractivity contribution in [3.8, 4) is 0 Å². The van der Waals surface area contributed by atoms with Gasteiger partial charge in [0.05, 0.1) is 28.8 Å². The van der Waals surface area contributed by atoms with Crippen molar-refractivity contribution in [2.45, 2.75) is 18.9 Å². The number of fused-ring (bicyclic) bond motifs is 5. The number of rotatable bonds is 3. The van der Waals surface area contributed by atoms with E-state index in [1.54, 1.807) is 4.90 Å². The lowest BCUT2D eigenvalue weighted by Gasteiger charge is -2.35. The Labute approximate surface area is 211 Å². The molecule has 0 spiro atoms. The first kappa shape index (κ1) is 23.3. The normalized spacial score (nSPS) is 17.7. The SMILES string of the molecule is CN(C)C1CCN(C(=O)c2c(=O)c3cc(F)c(N4CCOCC4)nc3n3c2sc2ccccc23)CC1. The van der Waals surface area contributed by atoms with E-state index in [1.165, 1.54) is 17.4 Å².